The lowest BCUT2D eigenvalue weighted by Crippen LogP contribution is -2.38. The Balaban J connectivity index is 2.42. The molecule has 1 heterocycles. The summed E-state index contributed by atoms with van der Waals surface area (Å²) in [4.78, 5) is 1.84. The van der Waals surface area contributed by atoms with Gasteiger partial charge >= 0.3 is 6.18 Å². The first-order chi connectivity index (χ1) is 8.93. The molecule has 0 aromatic heterocycles. The van der Waals surface area contributed by atoms with Gasteiger partial charge < -0.3 is 10.2 Å². The number of rotatable bonds is 3. The molecule has 1 atom stereocenters. The average molecular weight is 337 g/mol. The Kier molecular flexibility index (Phi) is 4.40. The van der Waals surface area contributed by atoms with Gasteiger partial charge in [0.1, 0.15) is 0 Å². The van der Waals surface area contributed by atoms with Crippen LogP contribution < -0.4 is 10.2 Å². The number of benzene rings is 1. The molecular formula is C13H16BrF3N2. The Morgan fingerprint density at radius 3 is 2.68 bits per heavy atom. The van der Waals surface area contributed by atoms with Crippen LogP contribution in [0.25, 0.3) is 0 Å². The van der Waals surface area contributed by atoms with Crippen LogP contribution in [0.2, 0.25) is 0 Å². The minimum atomic E-state index is -4.32. The Morgan fingerprint density at radius 2 is 2.16 bits per heavy atom. The van der Waals surface area contributed by atoms with Crippen LogP contribution in [0, 0.1) is 0 Å². The Morgan fingerprint density at radius 1 is 1.42 bits per heavy atom. The van der Waals surface area contributed by atoms with E-state index in [1.54, 1.807) is 6.07 Å². The molecular weight excluding hydrogens is 321 g/mol. The first-order valence-electron chi connectivity index (χ1n) is 6.27. The number of anilines is 1. The van der Waals surface area contributed by atoms with Gasteiger partial charge in [-0.15, -0.1) is 0 Å². The molecule has 0 radical (unpaired) electrons. The molecule has 1 fully saturated rings. The molecule has 1 aromatic carbocycles. The predicted octanol–water partition coefficient (Wildman–Crippen LogP) is 3.66. The van der Waals surface area contributed by atoms with E-state index in [4.69, 9.17) is 0 Å². The van der Waals surface area contributed by atoms with Crippen molar-refractivity contribution >= 4 is 21.6 Å². The summed E-state index contributed by atoms with van der Waals surface area (Å²) in [6.45, 7) is 4.04. The first kappa shape index (κ1) is 14.7. The third kappa shape index (κ3) is 3.23. The standard InChI is InChI=1S/C13H16BrF3N2/c1-2-19(10-5-6-18-8-10)12-7-9(14)3-4-11(12)13(15,16)17/h3-4,7,10,18H,2,5-6,8H2,1H3. The summed E-state index contributed by atoms with van der Waals surface area (Å²) in [6, 6.07) is 4.27. The lowest BCUT2D eigenvalue weighted by molar-refractivity contribution is -0.137. The molecule has 0 saturated carbocycles. The van der Waals surface area contributed by atoms with Gasteiger partial charge in [0.25, 0.3) is 0 Å². The molecule has 0 aliphatic carbocycles. The Bertz CT molecular complexity index is 442. The topological polar surface area (TPSA) is 15.3 Å². The summed E-state index contributed by atoms with van der Waals surface area (Å²) in [6.07, 6.45) is -3.45. The largest absolute Gasteiger partial charge is 0.418 e. The third-order valence-corrected chi connectivity index (χ3v) is 3.88. The van der Waals surface area contributed by atoms with Crippen LogP contribution in [0.5, 0.6) is 0 Å². The van der Waals surface area contributed by atoms with Gasteiger partial charge in [0.15, 0.2) is 0 Å². The molecule has 1 saturated heterocycles. The zero-order valence-electron chi connectivity index (χ0n) is 10.6. The van der Waals surface area contributed by atoms with Crippen molar-refractivity contribution in [2.75, 3.05) is 24.5 Å². The SMILES string of the molecule is CCN(c1cc(Br)ccc1C(F)(F)F)C1CCNC1. The Labute approximate surface area is 119 Å². The minimum absolute atomic E-state index is 0.125. The van der Waals surface area contributed by atoms with E-state index in [0.29, 0.717) is 11.0 Å². The maximum Gasteiger partial charge on any atom is 0.418 e. The molecule has 0 spiro atoms. The quantitative estimate of drug-likeness (QED) is 0.906. The van der Waals surface area contributed by atoms with Crippen molar-refractivity contribution in [1.29, 1.82) is 0 Å². The van der Waals surface area contributed by atoms with Crippen molar-refractivity contribution in [2.24, 2.45) is 0 Å². The summed E-state index contributed by atoms with van der Waals surface area (Å²) in [5.41, 5.74) is -0.303. The monoisotopic (exact) mass is 336 g/mol. The van der Waals surface area contributed by atoms with E-state index in [9.17, 15) is 13.2 Å². The number of likely N-dealkylation sites (N-methyl/N-ethyl adjacent to an activating group) is 1. The van der Waals surface area contributed by atoms with Crippen LogP contribution in [-0.2, 0) is 6.18 Å². The zero-order chi connectivity index (χ0) is 14.0. The van der Waals surface area contributed by atoms with Crippen molar-refractivity contribution in [1.82, 2.24) is 5.32 Å². The molecule has 6 heteroatoms. The first-order valence-corrected chi connectivity index (χ1v) is 7.07. The van der Waals surface area contributed by atoms with Crippen LogP contribution in [-0.4, -0.2) is 25.7 Å². The van der Waals surface area contributed by atoms with Gasteiger partial charge in [-0.25, -0.2) is 0 Å². The molecule has 19 heavy (non-hydrogen) atoms. The average Bonchev–Trinajstić information content (AvgIpc) is 2.82. The fourth-order valence-corrected chi connectivity index (χ4v) is 2.86. The highest BCUT2D eigenvalue weighted by Crippen LogP contribution is 2.39. The molecule has 0 bridgehead atoms. The number of halogens is 4. The fourth-order valence-electron chi connectivity index (χ4n) is 2.51. The van der Waals surface area contributed by atoms with E-state index in [-0.39, 0.29) is 11.7 Å². The third-order valence-electron chi connectivity index (χ3n) is 3.39. The van der Waals surface area contributed by atoms with Crippen molar-refractivity contribution in [3.8, 4) is 0 Å². The summed E-state index contributed by atoms with van der Waals surface area (Å²) in [5, 5.41) is 3.20. The van der Waals surface area contributed by atoms with Gasteiger partial charge in [-0.1, -0.05) is 15.9 Å². The van der Waals surface area contributed by atoms with Gasteiger partial charge in [0, 0.05) is 23.6 Å². The van der Waals surface area contributed by atoms with E-state index >= 15 is 0 Å². The van der Waals surface area contributed by atoms with E-state index in [2.05, 4.69) is 21.2 Å². The van der Waals surface area contributed by atoms with E-state index in [1.807, 2.05) is 11.8 Å². The summed E-state index contributed by atoms with van der Waals surface area (Å²) in [7, 11) is 0. The molecule has 1 unspecified atom stereocenters. The van der Waals surface area contributed by atoms with Crippen LogP contribution in [0.15, 0.2) is 22.7 Å². The smallest absolute Gasteiger partial charge is 0.367 e. The van der Waals surface area contributed by atoms with Crippen molar-refractivity contribution in [3.05, 3.63) is 28.2 Å². The number of hydrogen-bond acceptors (Lipinski definition) is 2. The van der Waals surface area contributed by atoms with Crippen LogP contribution in [0.1, 0.15) is 18.9 Å². The molecule has 1 aliphatic rings. The fraction of sp³-hybridized carbons (Fsp3) is 0.538. The van der Waals surface area contributed by atoms with Crippen LogP contribution in [0.4, 0.5) is 18.9 Å². The maximum absolute atomic E-state index is 13.1. The van der Waals surface area contributed by atoms with Gasteiger partial charge in [-0.3, -0.25) is 0 Å². The highest BCUT2D eigenvalue weighted by atomic mass is 79.9. The predicted molar refractivity (Wildman–Crippen MR) is 73.4 cm³/mol. The van der Waals surface area contributed by atoms with Gasteiger partial charge in [0.2, 0.25) is 0 Å². The molecule has 2 rings (SSSR count). The minimum Gasteiger partial charge on any atom is -0.367 e. The highest BCUT2D eigenvalue weighted by molar-refractivity contribution is 9.10. The lowest BCUT2D eigenvalue weighted by Gasteiger charge is -2.32. The summed E-state index contributed by atoms with van der Waals surface area (Å²) < 4.78 is 40.0. The molecule has 2 nitrogen and oxygen atoms in total. The molecule has 0 amide bonds. The highest BCUT2D eigenvalue weighted by Gasteiger charge is 2.36. The van der Waals surface area contributed by atoms with Crippen molar-refractivity contribution in [3.63, 3.8) is 0 Å². The Hall–Kier alpha value is -0.750. The number of hydrogen-bond donors (Lipinski definition) is 1. The van der Waals surface area contributed by atoms with Gasteiger partial charge in [-0.2, -0.15) is 13.2 Å². The number of alkyl halides is 3. The molecule has 1 aliphatic heterocycles. The van der Waals surface area contributed by atoms with Gasteiger partial charge in [-0.05, 0) is 38.1 Å². The van der Waals surface area contributed by atoms with E-state index < -0.39 is 11.7 Å². The molecule has 1 aromatic rings. The lowest BCUT2D eigenvalue weighted by atomic mass is 10.1. The number of nitrogens with one attached hydrogen (secondary N) is 1. The van der Waals surface area contributed by atoms with Crippen molar-refractivity contribution in [2.45, 2.75) is 25.6 Å². The van der Waals surface area contributed by atoms with Gasteiger partial charge in [0.05, 0.1) is 11.3 Å². The van der Waals surface area contributed by atoms with E-state index in [0.717, 1.165) is 25.6 Å². The normalized spacial score (nSPS) is 19.7. The van der Waals surface area contributed by atoms with Crippen LogP contribution >= 0.6 is 15.9 Å². The van der Waals surface area contributed by atoms with Crippen LogP contribution in [0.3, 0.4) is 0 Å². The number of nitrogens with zero attached hydrogens (tertiary/aromatic N) is 1. The summed E-state index contributed by atoms with van der Waals surface area (Å²) >= 11 is 3.26. The van der Waals surface area contributed by atoms with Crippen molar-refractivity contribution < 1.29 is 13.2 Å². The maximum atomic E-state index is 13.1. The second kappa shape index (κ2) is 5.71. The van der Waals surface area contributed by atoms with E-state index in [1.165, 1.54) is 6.07 Å². The molecule has 106 valence electrons. The second-order valence-corrected chi connectivity index (χ2v) is 5.51. The molecule has 1 N–H and O–H groups in total. The summed E-state index contributed by atoms with van der Waals surface area (Å²) in [5.74, 6) is 0. The second-order valence-electron chi connectivity index (χ2n) is 4.59. The zero-order valence-corrected chi connectivity index (χ0v) is 12.2.